The van der Waals surface area contributed by atoms with Crippen molar-refractivity contribution < 1.29 is 9.59 Å². The van der Waals surface area contributed by atoms with Crippen molar-refractivity contribution in [3.63, 3.8) is 0 Å². The maximum Gasteiger partial charge on any atom is 0.325 e. The highest BCUT2D eigenvalue weighted by Gasteiger charge is 2.48. The van der Waals surface area contributed by atoms with E-state index in [0.717, 1.165) is 23.8 Å². The standard InChI is InChI=1S/C18H22N4O2S/c1-3-11-22-14-15(21(2)17(24)20-16(14)23)19-18(22)25-12-7-10-13-8-5-4-6-9-13/h3-6,8-9,14-15H,1,7,10-12H2,2H3,(H,20,23,24). The molecule has 1 fully saturated rings. The highest BCUT2D eigenvalue weighted by Crippen LogP contribution is 2.28. The van der Waals surface area contributed by atoms with Crippen molar-refractivity contribution in [1.82, 2.24) is 15.1 Å². The van der Waals surface area contributed by atoms with Crippen LogP contribution in [-0.4, -0.2) is 58.5 Å². The molecule has 2 atom stereocenters. The van der Waals surface area contributed by atoms with Crippen molar-refractivity contribution in [1.29, 1.82) is 0 Å². The Hall–Kier alpha value is -2.28. The number of likely N-dealkylation sites (N-methyl/N-ethyl adjacent to an activating group) is 1. The second-order valence-electron chi connectivity index (χ2n) is 6.05. The average molecular weight is 358 g/mol. The van der Waals surface area contributed by atoms with Gasteiger partial charge in [0.1, 0.15) is 0 Å². The lowest BCUT2D eigenvalue weighted by Gasteiger charge is -2.35. The molecule has 25 heavy (non-hydrogen) atoms. The zero-order valence-corrected chi connectivity index (χ0v) is 15.0. The molecule has 0 saturated carbocycles. The lowest BCUT2D eigenvalue weighted by Crippen LogP contribution is -2.63. The van der Waals surface area contributed by atoms with Gasteiger partial charge in [0.25, 0.3) is 5.91 Å². The Morgan fingerprint density at radius 2 is 2.08 bits per heavy atom. The van der Waals surface area contributed by atoms with Crippen LogP contribution in [0.25, 0.3) is 0 Å². The Bertz CT molecular complexity index is 692. The maximum atomic E-state index is 12.3. The number of carbonyl (C=O) groups excluding carboxylic acids is 2. The number of hydrogen-bond donors (Lipinski definition) is 1. The molecule has 2 unspecified atom stereocenters. The van der Waals surface area contributed by atoms with E-state index < -0.39 is 18.2 Å². The van der Waals surface area contributed by atoms with E-state index in [1.54, 1.807) is 24.9 Å². The van der Waals surface area contributed by atoms with Crippen LogP contribution in [0.4, 0.5) is 4.79 Å². The van der Waals surface area contributed by atoms with Gasteiger partial charge in [0.05, 0.1) is 0 Å². The number of rotatable bonds is 6. The number of imide groups is 1. The molecule has 7 heteroatoms. The van der Waals surface area contributed by atoms with Crippen LogP contribution in [0.3, 0.4) is 0 Å². The summed E-state index contributed by atoms with van der Waals surface area (Å²) in [6.07, 6.45) is 3.32. The van der Waals surface area contributed by atoms with E-state index in [4.69, 9.17) is 0 Å². The lowest BCUT2D eigenvalue weighted by molar-refractivity contribution is -0.126. The number of aryl methyl sites for hydroxylation is 1. The van der Waals surface area contributed by atoms with Crippen LogP contribution in [0, 0.1) is 0 Å². The number of amides is 3. The van der Waals surface area contributed by atoms with Gasteiger partial charge in [0.15, 0.2) is 17.4 Å². The van der Waals surface area contributed by atoms with Crippen molar-refractivity contribution >= 4 is 28.9 Å². The topological polar surface area (TPSA) is 65.0 Å². The van der Waals surface area contributed by atoms with E-state index in [1.807, 2.05) is 23.1 Å². The molecule has 2 heterocycles. The smallest absolute Gasteiger partial charge is 0.325 e. The van der Waals surface area contributed by atoms with Gasteiger partial charge in [-0.25, -0.2) is 9.79 Å². The van der Waals surface area contributed by atoms with Gasteiger partial charge in [0.2, 0.25) is 0 Å². The van der Waals surface area contributed by atoms with Gasteiger partial charge in [-0.05, 0) is 18.4 Å². The van der Waals surface area contributed by atoms with Gasteiger partial charge in [-0.3, -0.25) is 10.1 Å². The highest BCUT2D eigenvalue weighted by atomic mass is 32.2. The molecule has 3 rings (SSSR count). The molecule has 0 aromatic heterocycles. The third-order valence-electron chi connectivity index (χ3n) is 4.33. The summed E-state index contributed by atoms with van der Waals surface area (Å²) in [6.45, 7) is 4.30. The van der Waals surface area contributed by atoms with Crippen LogP contribution >= 0.6 is 11.8 Å². The number of fused-ring (bicyclic) bond motifs is 1. The predicted octanol–water partition coefficient (Wildman–Crippen LogP) is 2.09. The summed E-state index contributed by atoms with van der Waals surface area (Å²) < 4.78 is 0. The second kappa shape index (κ2) is 7.74. The molecule has 0 radical (unpaired) electrons. The first kappa shape index (κ1) is 17.5. The fourth-order valence-corrected chi connectivity index (χ4v) is 4.04. The molecule has 1 aromatic rings. The van der Waals surface area contributed by atoms with Gasteiger partial charge < -0.3 is 9.80 Å². The third kappa shape index (κ3) is 3.71. The van der Waals surface area contributed by atoms with Crippen molar-refractivity contribution in [2.24, 2.45) is 4.99 Å². The molecule has 0 spiro atoms. The number of thioether (sulfide) groups is 1. The third-order valence-corrected chi connectivity index (χ3v) is 5.42. The maximum absolute atomic E-state index is 12.3. The number of benzene rings is 1. The Kier molecular flexibility index (Phi) is 5.43. The first-order valence-corrected chi connectivity index (χ1v) is 9.30. The Balaban J connectivity index is 1.63. The van der Waals surface area contributed by atoms with E-state index in [0.29, 0.717) is 6.54 Å². The molecule has 2 aliphatic heterocycles. The van der Waals surface area contributed by atoms with Crippen LogP contribution in [-0.2, 0) is 11.2 Å². The minimum atomic E-state index is -0.475. The molecule has 6 nitrogen and oxygen atoms in total. The van der Waals surface area contributed by atoms with E-state index in [2.05, 4.69) is 29.0 Å². The van der Waals surface area contributed by atoms with Crippen molar-refractivity contribution in [2.45, 2.75) is 25.0 Å². The highest BCUT2D eigenvalue weighted by molar-refractivity contribution is 8.13. The lowest BCUT2D eigenvalue weighted by atomic mass is 10.1. The van der Waals surface area contributed by atoms with Crippen molar-refractivity contribution in [3.8, 4) is 0 Å². The summed E-state index contributed by atoms with van der Waals surface area (Å²) in [6, 6.07) is 9.49. The van der Waals surface area contributed by atoms with Crippen LogP contribution in [0.2, 0.25) is 0 Å². The summed E-state index contributed by atoms with van der Waals surface area (Å²) >= 11 is 1.63. The molecule has 2 aliphatic rings. The number of urea groups is 1. The van der Waals surface area contributed by atoms with Gasteiger partial charge in [-0.2, -0.15) is 0 Å². The number of nitrogens with one attached hydrogen (secondary N) is 1. The number of amidine groups is 1. The average Bonchev–Trinajstić information content (AvgIpc) is 2.97. The molecule has 1 aromatic carbocycles. The van der Waals surface area contributed by atoms with Gasteiger partial charge in [-0.15, -0.1) is 6.58 Å². The summed E-state index contributed by atoms with van der Waals surface area (Å²) in [4.78, 5) is 32.1. The van der Waals surface area contributed by atoms with Crippen LogP contribution in [0.15, 0.2) is 48.0 Å². The van der Waals surface area contributed by atoms with Gasteiger partial charge in [0, 0.05) is 19.3 Å². The van der Waals surface area contributed by atoms with E-state index in [-0.39, 0.29) is 5.91 Å². The molecule has 0 aliphatic carbocycles. The minimum Gasteiger partial charge on any atom is -0.332 e. The molecular weight excluding hydrogens is 336 g/mol. The molecule has 1 N–H and O–H groups in total. The fourth-order valence-electron chi connectivity index (χ4n) is 3.04. The van der Waals surface area contributed by atoms with Gasteiger partial charge in [-0.1, -0.05) is 48.2 Å². The first-order valence-electron chi connectivity index (χ1n) is 8.31. The molecule has 3 amide bonds. The van der Waals surface area contributed by atoms with E-state index in [1.165, 1.54) is 10.5 Å². The summed E-state index contributed by atoms with van der Waals surface area (Å²) in [5, 5.41) is 3.19. The van der Waals surface area contributed by atoms with Gasteiger partial charge >= 0.3 is 6.03 Å². The minimum absolute atomic E-state index is 0.293. The van der Waals surface area contributed by atoms with E-state index in [9.17, 15) is 9.59 Å². The summed E-state index contributed by atoms with van der Waals surface area (Å²) in [5.41, 5.74) is 1.32. The normalized spacial score (nSPS) is 22.5. The fraction of sp³-hybridized carbons (Fsp3) is 0.389. The van der Waals surface area contributed by atoms with Crippen molar-refractivity contribution in [3.05, 3.63) is 48.6 Å². The molecule has 0 bridgehead atoms. The van der Waals surface area contributed by atoms with E-state index >= 15 is 0 Å². The number of carbonyl (C=O) groups is 2. The van der Waals surface area contributed by atoms with Crippen LogP contribution in [0.1, 0.15) is 12.0 Å². The van der Waals surface area contributed by atoms with Crippen LogP contribution in [0.5, 0.6) is 0 Å². The molecule has 1 saturated heterocycles. The number of nitrogens with zero attached hydrogens (tertiary/aromatic N) is 3. The Morgan fingerprint density at radius 3 is 2.80 bits per heavy atom. The molecule has 132 valence electrons. The number of aliphatic imine (C=N–C) groups is 1. The Labute approximate surface area is 152 Å². The summed E-state index contributed by atoms with van der Waals surface area (Å²) in [7, 11) is 1.66. The zero-order valence-electron chi connectivity index (χ0n) is 14.2. The monoisotopic (exact) mass is 358 g/mol. The zero-order chi connectivity index (χ0) is 17.8. The quantitative estimate of drug-likeness (QED) is 0.625. The van der Waals surface area contributed by atoms with Crippen molar-refractivity contribution in [2.75, 3.05) is 19.3 Å². The first-order chi connectivity index (χ1) is 12.1. The number of hydrogen-bond acceptors (Lipinski definition) is 5. The Morgan fingerprint density at radius 1 is 1.32 bits per heavy atom. The molecular formula is C18H22N4O2S. The second-order valence-corrected chi connectivity index (χ2v) is 7.12. The predicted molar refractivity (Wildman–Crippen MR) is 100 cm³/mol. The van der Waals surface area contributed by atoms with Crippen LogP contribution < -0.4 is 5.32 Å². The SMILES string of the molecule is C=CCN1C(SCCCc2ccccc2)=NC2C1C(=O)NC(=O)N2C. The largest absolute Gasteiger partial charge is 0.332 e. The summed E-state index contributed by atoms with van der Waals surface area (Å²) in [5.74, 6) is 0.610.